The van der Waals surface area contributed by atoms with Gasteiger partial charge in [-0.15, -0.1) is 6.58 Å². The van der Waals surface area contributed by atoms with Crippen molar-refractivity contribution in [3.8, 4) is 0 Å². The van der Waals surface area contributed by atoms with Crippen molar-refractivity contribution in [3.63, 3.8) is 0 Å². The van der Waals surface area contributed by atoms with Gasteiger partial charge < -0.3 is 0 Å². The van der Waals surface area contributed by atoms with Crippen molar-refractivity contribution >= 4 is 10.8 Å². The summed E-state index contributed by atoms with van der Waals surface area (Å²) in [5.41, 5.74) is 2.26. The number of benzene rings is 2. The Morgan fingerprint density at radius 3 is 2.12 bits per heavy atom. The van der Waals surface area contributed by atoms with E-state index in [9.17, 15) is 0 Å². The predicted molar refractivity (Wildman–Crippen MR) is 146 cm³/mol. The van der Waals surface area contributed by atoms with Crippen LogP contribution in [0.5, 0.6) is 0 Å². The topological polar surface area (TPSA) is 0 Å². The average Bonchev–Trinajstić information content (AvgIpc) is 2.88. The summed E-state index contributed by atoms with van der Waals surface area (Å²) >= 11 is 0. The fourth-order valence-electron chi connectivity index (χ4n) is 6.64. The zero-order valence-corrected chi connectivity index (χ0v) is 21.4. The molecule has 0 saturated heterocycles. The number of hydrogen-bond acceptors (Lipinski definition) is 0. The van der Waals surface area contributed by atoms with Crippen molar-refractivity contribution in [3.05, 3.63) is 72.1 Å². The molecule has 2 saturated carbocycles. The van der Waals surface area contributed by atoms with Crippen molar-refractivity contribution < 1.29 is 4.39 Å². The Morgan fingerprint density at radius 1 is 0.824 bits per heavy atom. The third-order valence-electron chi connectivity index (χ3n) is 8.90. The predicted octanol–water partition coefficient (Wildman–Crippen LogP) is 10.3. The van der Waals surface area contributed by atoms with E-state index in [2.05, 4.69) is 56.0 Å². The van der Waals surface area contributed by atoms with Crippen LogP contribution in [0.2, 0.25) is 0 Å². The lowest BCUT2D eigenvalue weighted by molar-refractivity contribution is 0.225. The van der Waals surface area contributed by atoms with Crippen LogP contribution in [0.1, 0.15) is 107 Å². The third kappa shape index (κ3) is 6.61. The van der Waals surface area contributed by atoms with Crippen LogP contribution in [0.3, 0.4) is 0 Å². The summed E-state index contributed by atoms with van der Waals surface area (Å²) in [6.07, 6.45) is 24.4. The average molecular weight is 461 g/mol. The van der Waals surface area contributed by atoms with E-state index < -0.39 is 0 Å². The summed E-state index contributed by atoms with van der Waals surface area (Å²) in [6, 6.07) is 10.5. The van der Waals surface area contributed by atoms with Crippen molar-refractivity contribution in [1.82, 2.24) is 0 Å². The van der Waals surface area contributed by atoms with Crippen LogP contribution in [-0.2, 0) is 6.42 Å². The molecular formula is C33H45F. The third-order valence-corrected chi connectivity index (χ3v) is 8.90. The highest BCUT2D eigenvalue weighted by molar-refractivity contribution is 5.84. The van der Waals surface area contributed by atoms with Crippen molar-refractivity contribution in [1.29, 1.82) is 0 Å². The lowest BCUT2D eigenvalue weighted by atomic mass is 9.73. The van der Waals surface area contributed by atoms with E-state index in [1.165, 1.54) is 69.8 Å². The molecule has 0 amide bonds. The first-order chi connectivity index (χ1) is 16.7. The molecule has 0 unspecified atom stereocenters. The molecule has 4 rings (SSSR count). The fourth-order valence-corrected chi connectivity index (χ4v) is 6.64. The molecule has 2 aliphatic carbocycles. The van der Waals surface area contributed by atoms with Gasteiger partial charge in [0, 0.05) is 5.39 Å². The number of rotatable bonds is 10. The van der Waals surface area contributed by atoms with Crippen LogP contribution in [0.15, 0.2) is 55.1 Å². The second-order valence-electron chi connectivity index (χ2n) is 11.2. The molecule has 184 valence electrons. The molecule has 2 fully saturated rings. The van der Waals surface area contributed by atoms with Crippen LogP contribution in [0.25, 0.3) is 10.8 Å². The largest absolute Gasteiger partial charge is 0.206 e. The Hall–Kier alpha value is -1.89. The summed E-state index contributed by atoms with van der Waals surface area (Å²) in [5.74, 6) is 3.20. The van der Waals surface area contributed by atoms with Gasteiger partial charge in [0.1, 0.15) is 5.82 Å². The quantitative estimate of drug-likeness (QED) is 0.309. The molecule has 0 aromatic heterocycles. The van der Waals surface area contributed by atoms with Gasteiger partial charge in [-0.2, -0.15) is 0 Å². The smallest absolute Gasteiger partial charge is 0.134 e. The minimum Gasteiger partial charge on any atom is -0.206 e. The van der Waals surface area contributed by atoms with Crippen molar-refractivity contribution in [2.75, 3.05) is 0 Å². The lowest BCUT2D eigenvalue weighted by Gasteiger charge is -2.32. The number of aryl methyl sites for hydroxylation is 1. The highest BCUT2D eigenvalue weighted by atomic mass is 19.1. The molecule has 0 radical (unpaired) electrons. The van der Waals surface area contributed by atoms with Crippen LogP contribution < -0.4 is 0 Å². The minimum atomic E-state index is 0.0363. The van der Waals surface area contributed by atoms with Crippen LogP contribution in [-0.4, -0.2) is 0 Å². The van der Waals surface area contributed by atoms with Gasteiger partial charge in [0.2, 0.25) is 0 Å². The van der Waals surface area contributed by atoms with Gasteiger partial charge in [0.25, 0.3) is 0 Å². The molecule has 0 bridgehead atoms. The van der Waals surface area contributed by atoms with Crippen LogP contribution in [0, 0.1) is 23.6 Å². The van der Waals surface area contributed by atoms with Crippen molar-refractivity contribution in [2.24, 2.45) is 17.8 Å². The lowest BCUT2D eigenvalue weighted by Crippen LogP contribution is -2.18. The first-order valence-electron chi connectivity index (χ1n) is 14.1. The zero-order chi connectivity index (χ0) is 23.8. The van der Waals surface area contributed by atoms with E-state index in [0.717, 1.165) is 59.8 Å². The molecule has 2 aromatic carbocycles. The molecule has 2 aliphatic rings. The number of allylic oxidation sites excluding steroid dienone is 3. The summed E-state index contributed by atoms with van der Waals surface area (Å²) in [6.45, 7) is 5.93. The van der Waals surface area contributed by atoms with Gasteiger partial charge in [-0.25, -0.2) is 4.39 Å². The Balaban J connectivity index is 1.26. The SMILES string of the molecule is C=CCCC1CCC(CCC2CCC(c3ccc4cc(CC/C=C/C)ccc4c3F)CC2)CC1. The standard InChI is InChI=1S/C33H45F/c1-3-5-7-9-28-18-22-32-30(24-28)21-23-31(33(32)34)29-19-16-27(17-20-29)15-14-26-12-10-25(11-13-26)8-6-4-2/h3-5,18,21-27,29H,2,6-17,19-20H2,1H3/b5-3+. The van der Waals surface area contributed by atoms with Gasteiger partial charge in [-0.05, 0) is 98.5 Å². The highest BCUT2D eigenvalue weighted by Gasteiger charge is 2.27. The van der Waals surface area contributed by atoms with Crippen LogP contribution in [0.4, 0.5) is 4.39 Å². The van der Waals surface area contributed by atoms with Crippen molar-refractivity contribution in [2.45, 2.75) is 103 Å². The van der Waals surface area contributed by atoms with Gasteiger partial charge in [-0.1, -0.05) is 87.1 Å². The fraction of sp³-hybridized carbons (Fsp3) is 0.576. The van der Waals surface area contributed by atoms with Gasteiger partial charge in [0.15, 0.2) is 0 Å². The number of halogens is 1. The van der Waals surface area contributed by atoms with E-state index in [0.29, 0.717) is 5.92 Å². The monoisotopic (exact) mass is 460 g/mol. The van der Waals surface area contributed by atoms with Gasteiger partial charge in [-0.3, -0.25) is 0 Å². The molecule has 0 nitrogen and oxygen atoms in total. The van der Waals surface area contributed by atoms with E-state index in [-0.39, 0.29) is 5.82 Å². The molecule has 0 N–H and O–H groups in total. The summed E-state index contributed by atoms with van der Waals surface area (Å²) < 4.78 is 15.5. The molecule has 34 heavy (non-hydrogen) atoms. The maximum absolute atomic E-state index is 15.5. The molecule has 0 spiro atoms. The molecular weight excluding hydrogens is 415 g/mol. The molecule has 0 aliphatic heterocycles. The van der Waals surface area contributed by atoms with E-state index in [1.54, 1.807) is 0 Å². The number of fused-ring (bicyclic) bond motifs is 1. The van der Waals surface area contributed by atoms with E-state index in [1.807, 2.05) is 6.07 Å². The zero-order valence-electron chi connectivity index (χ0n) is 21.4. The Bertz CT molecular complexity index is 938. The first-order valence-corrected chi connectivity index (χ1v) is 14.1. The van der Waals surface area contributed by atoms with Crippen LogP contribution >= 0.6 is 0 Å². The second kappa shape index (κ2) is 12.7. The molecule has 1 heteroatoms. The molecule has 0 heterocycles. The van der Waals surface area contributed by atoms with E-state index >= 15 is 4.39 Å². The Kier molecular flexibility index (Phi) is 9.42. The van der Waals surface area contributed by atoms with E-state index in [4.69, 9.17) is 0 Å². The van der Waals surface area contributed by atoms with Gasteiger partial charge >= 0.3 is 0 Å². The normalized spacial score (nSPS) is 25.7. The summed E-state index contributed by atoms with van der Waals surface area (Å²) in [5, 5.41) is 1.85. The molecule has 2 aromatic rings. The van der Waals surface area contributed by atoms with Gasteiger partial charge in [0.05, 0.1) is 0 Å². The highest BCUT2D eigenvalue weighted by Crippen LogP contribution is 2.41. The number of hydrogen-bond donors (Lipinski definition) is 0. The minimum absolute atomic E-state index is 0.0363. The maximum atomic E-state index is 15.5. The second-order valence-corrected chi connectivity index (χ2v) is 11.2. The summed E-state index contributed by atoms with van der Waals surface area (Å²) in [7, 11) is 0. The summed E-state index contributed by atoms with van der Waals surface area (Å²) in [4.78, 5) is 0. The first kappa shape index (κ1) is 25.2. The maximum Gasteiger partial charge on any atom is 0.134 e. The Morgan fingerprint density at radius 2 is 1.47 bits per heavy atom. The molecule has 0 atom stereocenters. The Labute approximate surface area is 207 Å².